The van der Waals surface area contributed by atoms with Gasteiger partial charge in [-0.2, -0.15) is 5.10 Å². The Hall–Kier alpha value is -2.24. The van der Waals surface area contributed by atoms with Crippen LogP contribution < -0.4 is 11.1 Å². The molecule has 1 aliphatic carbocycles. The molecular formula is C21H29N5O4S2. The zero-order valence-corrected chi connectivity index (χ0v) is 20.2. The van der Waals surface area contributed by atoms with Crippen molar-refractivity contribution < 1.29 is 18.0 Å². The lowest BCUT2D eigenvalue weighted by molar-refractivity contribution is -0.117. The molecule has 1 aliphatic heterocycles. The van der Waals surface area contributed by atoms with E-state index in [0.29, 0.717) is 23.5 Å². The fraction of sp³-hybridized carbons (Fsp3) is 0.571. The Balaban J connectivity index is 1.42. The maximum absolute atomic E-state index is 12.7. The van der Waals surface area contributed by atoms with Gasteiger partial charge in [0.2, 0.25) is 5.91 Å². The minimum Gasteiger partial charge on any atom is -0.365 e. The second-order valence-electron chi connectivity index (χ2n) is 8.80. The number of amides is 2. The molecular weight excluding hydrogens is 450 g/mol. The molecule has 0 radical (unpaired) electrons. The molecule has 9 nitrogen and oxygen atoms in total. The monoisotopic (exact) mass is 479 g/mol. The molecule has 0 unspecified atom stereocenters. The van der Waals surface area contributed by atoms with Crippen molar-refractivity contribution >= 4 is 38.0 Å². The van der Waals surface area contributed by atoms with Crippen LogP contribution in [0.4, 0.5) is 5.00 Å². The van der Waals surface area contributed by atoms with E-state index in [4.69, 9.17) is 5.73 Å². The lowest BCUT2D eigenvalue weighted by Crippen LogP contribution is -2.30. The van der Waals surface area contributed by atoms with Crippen molar-refractivity contribution in [3.8, 4) is 0 Å². The molecule has 0 spiro atoms. The van der Waals surface area contributed by atoms with Crippen LogP contribution in [-0.4, -0.2) is 60.0 Å². The number of nitrogens with zero attached hydrogens (tertiary/aromatic N) is 3. The molecule has 174 valence electrons. The van der Waals surface area contributed by atoms with Gasteiger partial charge >= 0.3 is 0 Å². The van der Waals surface area contributed by atoms with E-state index in [1.807, 2.05) is 30.5 Å². The Labute approximate surface area is 191 Å². The van der Waals surface area contributed by atoms with Crippen LogP contribution in [0, 0.1) is 13.8 Å². The third-order valence-electron chi connectivity index (χ3n) is 6.29. The van der Waals surface area contributed by atoms with Gasteiger partial charge < -0.3 is 11.1 Å². The maximum Gasteiger partial charge on any atom is 0.251 e. The fourth-order valence-corrected chi connectivity index (χ4v) is 7.74. The Bertz CT molecular complexity index is 1180. The van der Waals surface area contributed by atoms with E-state index in [1.165, 1.54) is 11.3 Å². The van der Waals surface area contributed by atoms with E-state index < -0.39 is 15.7 Å². The Morgan fingerprint density at radius 3 is 2.72 bits per heavy atom. The number of primary amides is 1. The third kappa shape index (κ3) is 4.46. The van der Waals surface area contributed by atoms with Gasteiger partial charge in [0.1, 0.15) is 5.00 Å². The number of carbonyl (C=O) groups is 2. The lowest BCUT2D eigenvalue weighted by atomic mass is 10.1. The maximum atomic E-state index is 12.7. The first kappa shape index (κ1) is 22.9. The molecule has 32 heavy (non-hydrogen) atoms. The molecule has 0 bridgehead atoms. The normalized spacial score (nSPS) is 19.4. The number of hydrogen-bond donors (Lipinski definition) is 2. The molecule has 2 aromatic heterocycles. The van der Waals surface area contributed by atoms with Crippen LogP contribution in [0.3, 0.4) is 0 Å². The summed E-state index contributed by atoms with van der Waals surface area (Å²) in [6.45, 7) is 4.50. The lowest BCUT2D eigenvalue weighted by Gasteiger charge is -2.17. The molecule has 1 saturated heterocycles. The van der Waals surface area contributed by atoms with Gasteiger partial charge in [0.15, 0.2) is 9.84 Å². The molecule has 0 aromatic carbocycles. The highest BCUT2D eigenvalue weighted by Crippen LogP contribution is 2.38. The van der Waals surface area contributed by atoms with Crippen LogP contribution in [0.15, 0.2) is 0 Å². The Morgan fingerprint density at radius 2 is 2.06 bits per heavy atom. The molecule has 0 saturated carbocycles. The standard InChI is InChI=1S/C21H29N5O4S2/c1-12-16(13(2)26(24-12)14-7-8-32(29,30)11-14)9-25(3)10-18(27)23-21-19(20(22)28)15-5-4-6-17(15)31-21/h14H,4-11H2,1-3H3,(H2,22,28)(H,23,27)/t14-/m1/s1. The van der Waals surface area contributed by atoms with Crippen molar-refractivity contribution in [3.63, 3.8) is 0 Å². The largest absolute Gasteiger partial charge is 0.365 e. The third-order valence-corrected chi connectivity index (χ3v) is 9.25. The van der Waals surface area contributed by atoms with Crippen molar-refractivity contribution in [2.45, 2.75) is 52.1 Å². The number of fused-ring (bicyclic) bond motifs is 1. The first-order valence-electron chi connectivity index (χ1n) is 10.7. The van der Waals surface area contributed by atoms with Gasteiger partial charge in [0.25, 0.3) is 5.91 Å². The fourth-order valence-electron chi connectivity index (χ4n) is 4.74. The van der Waals surface area contributed by atoms with Crippen LogP contribution in [0.1, 0.15) is 56.6 Å². The summed E-state index contributed by atoms with van der Waals surface area (Å²) in [6, 6.07) is -0.131. The SMILES string of the molecule is Cc1nn([C@@H]2CCS(=O)(=O)C2)c(C)c1CN(C)CC(=O)Nc1sc2c(c1C(N)=O)CCC2. The molecule has 4 rings (SSSR count). The quantitative estimate of drug-likeness (QED) is 0.621. The van der Waals surface area contributed by atoms with Crippen molar-refractivity contribution in [2.24, 2.45) is 5.73 Å². The van der Waals surface area contributed by atoms with Crippen molar-refractivity contribution in [1.82, 2.24) is 14.7 Å². The number of hydrogen-bond acceptors (Lipinski definition) is 7. The van der Waals surface area contributed by atoms with E-state index in [9.17, 15) is 18.0 Å². The number of anilines is 1. The summed E-state index contributed by atoms with van der Waals surface area (Å²) in [4.78, 5) is 27.6. The van der Waals surface area contributed by atoms with Gasteiger partial charge in [-0.1, -0.05) is 0 Å². The predicted octanol–water partition coefficient (Wildman–Crippen LogP) is 1.58. The van der Waals surface area contributed by atoms with Crippen LogP contribution in [-0.2, 0) is 34.0 Å². The van der Waals surface area contributed by atoms with Gasteiger partial charge in [-0.25, -0.2) is 8.42 Å². The van der Waals surface area contributed by atoms with Crippen molar-refractivity contribution in [1.29, 1.82) is 0 Å². The summed E-state index contributed by atoms with van der Waals surface area (Å²) < 4.78 is 25.5. The number of rotatable bonds is 7. The number of nitrogens with two attached hydrogens (primary N) is 1. The zero-order valence-electron chi connectivity index (χ0n) is 18.6. The molecule has 1 fully saturated rings. The number of likely N-dealkylation sites (N-methyl/N-ethyl adjacent to an activating group) is 1. The van der Waals surface area contributed by atoms with Crippen molar-refractivity contribution in [3.05, 3.63) is 33.0 Å². The minimum atomic E-state index is -3.00. The van der Waals surface area contributed by atoms with Crippen LogP contribution in [0.5, 0.6) is 0 Å². The number of aromatic nitrogens is 2. The molecule has 3 heterocycles. The average Bonchev–Trinajstić information content (AvgIpc) is 3.41. The van der Waals surface area contributed by atoms with Crippen LogP contribution in [0.2, 0.25) is 0 Å². The summed E-state index contributed by atoms with van der Waals surface area (Å²) >= 11 is 1.44. The summed E-state index contributed by atoms with van der Waals surface area (Å²) in [6.07, 6.45) is 3.33. The zero-order chi connectivity index (χ0) is 23.2. The second-order valence-corrected chi connectivity index (χ2v) is 12.1. The first-order valence-corrected chi connectivity index (χ1v) is 13.4. The molecule has 11 heteroatoms. The first-order chi connectivity index (χ1) is 15.1. The van der Waals surface area contributed by atoms with Gasteiger partial charge in [-0.15, -0.1) is 11.3 Å². The summed E-state index contributed by atoms with van der Waals surface area (Å²) in [5.41, 5.74) is 9.78. The van der Waals surface area contributed by atoms with E-state index in [0.717, 1.165) is 46.7 Å². The Morgan fingerprint density at radius 1 is 1.31 bits per heavy atom. The van der Waals surface area contributed by atoms with E-state index >= 15 is 0 Å². The van der Waals surface area contributed by atoms with E-state index in [-0.39, 0.29) is 30.0 Å². The summed E-state index contributed by atoms with van der Waals surface area (Å²) in [7, 11) is -1.15. The molecule has 3 N–H and O–H groups in total. The number of nitrogens with one attached hydrogen (secondary N) is 1. The average molecular weight is 480 g/mol. The number of aryl methyl sites for hydroxylation is 2. The molecule has 1 atom stereocenters. The number of carbonyl (C=O) groups excluding carboxylic acids is 2. The molecule has 2 amide bonds. The highest BCUT2D eigenvalue weighted by molar-refractivity contribution is 7.91. The smallest absolute Gasteiger partial charge is 0.251 e. The van der Waals surface area contributed by atoms with Crippen LogP contribution >= 0.6 is 11.3 Å². The van der Waals surface area contributed by atoms with Gasteiger partial charge in [0, 0.05) is 22.7 Å². The van der Waals surface area contributed by atoms with Gasteiger partial charge in [0.05, 0.1) is 35.3 Å². The summed E-state index contributed by atoms with van der Waals surface area (Å²) in [5.74, 6) is -0.384. The molecule has 2 aliphatic rings. The topological polar surface area (TPSA) is 127 Å². The highest BCUT2D eigenvalue weighted by Gasteiger charge is 2.32. The minimum absolute atomic E-state index is 0.125. The van der Waals surface area contributed by atoms with Crippen LogP contribution in [0.25, 0.3) is 0 Å². The number of thiophene rings is 1. The van der Waals surface area contributed by atoms with E-state index in [1.54, 1.807) is 0 Å². The van der Waals surface area contributed by atoms with Gasteiger partial charge in [-0.05, 0) is 52.1 Å². The molecule has 2 aromatic rings. The van der Waals surface area contributed by atoms with E-state index in [2.05, 4.69) is 10.4 Å². The number of sulfone groups is 1. The highest BCUT2D eigenvalue weighted by atomic mass is 32.2. The Kier molecular flexibility index (Phi) is 6.17. The van der Waals surface area contributed by atoms with Gasteiger partial charge in [-0.3, -0.25) is 19.2 Å². The summed E-state index contributed by atoms with van der Waals surface area (Å²) in [5, 5.41) is 8.01. The van der Waals surface area contributed by atoms with Crippen molar-refractivity contribution in [2.75, 3.05) is 30.4 Å². The predicted molar refractivity (Wildman–Crippen MR) is 124 cm³/mol. The second kappa shape index (κ2) is 8.60.